The second-order valence-electron chi connectivity index (χ2n) is 2.52. The van der Waals surface area contributed by atoms with Gasteiger partial charge in [-0.1, -0.05) is 0 Å². The molecule has 0 saturated carbocycles. The van der Waals surface area contributed by atoms with Crippen molar-refractivity contribution in [3.05, 3.63) is 27.5 Å². The minimum absolute atomic E-state index is 0.0882. The smallest absolute Gasteiger partial charge is 0.265 e. The summed E-state index contributed by atoms with van der Waals surface area (Å²) in [5, 5.41) is 0. The fourth-order valence-corrected chi connectivity index (χ4v) is 1.52. The molecule has 14 heavy (non-hydrogen) atoms. The first-order valence-corrected chi connectivity index (χ1v) is 4.51. The standard InChI is InChI=1S/C8H7BrF2N2O/c9-7-6(3-14)4(1-12)5(2-13-7)8(10)11/h2-3,8H,1,12H2. The van der Waals surface area contributed by atoms with Gasteiger partial charge in [0.05, 0.1) is 5.56 Å². The fraction of sp³-hybridized carbons (Fsp3) is 0.250. The van der Waals surface area contributed by atoms with Crippen LogP contribution >= 0.6 is 15.9 Å². The summed E-state index contributed by atoms with van der Waals surface area (Å²) in [5.41, 5.74) is 5.22. The number of carbonyl (C=O) groups is 1. The predicted molar refractivity (Wildman–Crippen MR) is 50.2 cm³/mol. The maximum Gasteiger partial charge on any atom is 0.265 e. The molecular weight excluding hydrogens is 258 g/mol. The molecule has 0 spiro atoms. The normalized spacial score (nSPS) is 10.6. The molecule has 0 atom stereocenters. The van der Waals surface area contributed by atoms with Gasteiger partial charge in [-0.05, 0) is 21.5 Å². The first-order chi connectivity index (χ1) is 6.61. The maximum atomic E-state index is 12.4. The lowest BCUT2D eigenvalue weighted by Crippen LogP contribution is -2.08. The number of aromatic nitrogens is 1. The largest absolute Gasteiger partial charge is 0.326 e. The van der Waals surface area contributed by atoms with Crippen molar-refractivity contribution in [2.24, 2.45) is 5.73 Å². The Morgan fingerprint density at radius 3 is 2.71 bits per heavy atom. The van der Waals surface area contributed by atoms with E-state index in [0.717, 1.165) is 6.20 Å². The average molecular weight is 265 g/mol. The van der Waals surface area contributed by atoms with Crippen molar-refractivity contribution in [1.82, 2.24) is 4.98 Å². The minimum atomic E-state index is -2.67. The number of halogens is 3. The predicted octanol–water partition coefficient (Wildman–Crippen LogP) is 2.05. The van der Waals surface area contributed by atoms with E-state index in [1.165, 1.54) is 0 Å². The summed E-state index contributed by atoms with van der Waals surface area (Å²) in [7, 11) is 0. The SMILES string of the molecule is NCc1c(C(F)F)cnc(Br)c1C=O. The second-order valence-corrected chi connectivity index (χ2v) is 3.27. The topological polar surface area (TPSA) is 56.0 Å². The third-order valence-corrected chi connectivity index (χ3v) is 2.40. The Bertz CT molecular complexity index is 357. The molecule has 0 aliphatic heterocycles. The molecule has 0 aliphatic rings. The van der Waals surface area contributed by atoms with Gasteiger partial charge in [0.25, 0.3) is 6.43 Å². The van der Waals surface area contributed by atoms with Crippen molar-refractivity contribution >= 4 is 22.2 Å². The number of hydrogen-bond donors (Lipinski definition) is 1. The third-order valence-electron chi connectivity index (χ3n) is 1.77. The lowest BCUT2D eigenvalue weighted by molar-refractivity contribution is 0.112. The molecule has 3 nitrogen and oxygen atoms in total. The zero-order valence-corrected chi connectivity index (χ0v) is 8.59. The highest BCUT2D eigenvalue weighted by molar-refractivity contribution is 9.10. The number of pyridine rings is 1. The number of rotatable bonds is 3. The fourth-order valence-electron chi connectivity index (χ4n) is 1.09. The number of carbonyl (C=O) groups excluding carboxylic acids is 1. The van der Waals surface area contributed by atoms with Crippen molar-refractivity contribution in [2.75, 3.05) is 0 Å². The maximum absolute atomic E-state index is 12.4. The van der Waals surface area contributed by atoms with E-state index < -0.39 is 6.43 Å². The summed E-state index contributed by atoms with van der Waals surface area (Å²) in [6, 6.07) is 0. The Labute approximate surface area is 87.4 Å². The summed E-state index contributed by atoms with van der Waals surface area (Å²) in [6.07, 6.45) is -1.19. The van der Waals surface area contributed by atoms with Gasteiger partial charge >= 0.3 is 0 Å². The third kappa shape index (κ3) is 1.96. The summed E-state index contributed by atoms with van der Waals surface area (Å²) in [4.78, 5) is 14.2. The number of aldehydes is 1. The lowest BCUT2D eigenvalue weighted by Gasteiger charge is -2.09. The van der Waals surface area contributed by atoms with Crippen LogP contribution in [-0.4, -0.2) is 11.3 Å². The first-order valence-electron chi connectivity index (χ1n) is 3.72. The van der Waals surface area contributed by atoms with Crippen molar-refractivity contribution in [2.45, 2.75) is 13.0 Å². The molecule has 0 aromatic carbocycles. The summed E-state index contributed by atoms with van der Waals surface area (Å²) in [5.74, 6) is 0. The molecule has 0 aliphatic carbocycles. The van der Waals surface area contributed by atoms with Crippen LogP contribution in [0, 0.1) is 0 Å². The Hall–Kier alpha value is -0.880. The zero-order chi connectivity index (χ0) is 10.7. The highest BCUT2D eigenvalue weighted by atomic mass is 79.9. The van der Waals surface area contributed by atoms with Crippen LogP contribution in [0.2, 0.25) is 0 Å². The van der Waals surface area contributed by atoms with Gasteiger partial charge in [-0.2, -0.15) is 0 Å². The quantitative estimate of drug-likeness (QED) is 0.672. The second kappa shape index (κ2) is 4.56. The van der Waals surface area contributed by atoms with Crippen LogP contribution in [0.3, 0.4) is 0 Å². The number of alkyl halides is 2. The monoisotopic (exact) mass is 264 g/mol. The van der Waals surface area contributed by atoms with Gasteiger partial charge in [-0.25, -0.2) is 13.8 Å². The van der Waals surface area contributed by atoms with Crippen LogP contribution in [-0.2, 0) is 6.54 Å². The molecule has 1 aromatic heterocycles. The molecule has 76 valence electrons. The molecular formula is C8H7BrF2N2O. The molecule has 1 aromatic rings. The van der Waals surface area contributed by atoms with Gasteiger partial charge in [0.2, 0.25) is 0 Å². The lowest BCUT2D eigenvalue weighted by atomic mass is 10.1. The van der Waals surface area contributed by atoms with Gasteiger partial charge in [0.15, 0.2) is 6.29 Å². The van der Waals surface area contributed by atoms with E-state index in [0.29, 0.717) is 6.29 Å². The van der Waals surface area contributed by atoms with Crippen LogP contribution in [0.25, 0.3) is 0 Å². The Morgan fingerprint density at radius 2 is 2.29 bits per heavy atom. The Kier molecular flexibility index (Phi) is 3.65. The Balaban J connectivity index is 3.40. The average Bonchev–Trinajstić information content (AvgIpc) is 2.16. The van der Waals surface area contributed by atoms with E-state index in [1.54, 1.807) is 0 Å². The van der Waals surface area contributed by atoms with Gasteiger partial charge in [0, 0.05) is 18.3 Å². The van der Waals surface area contributed by atoms with E-state index in [-0.39, 0.29) is 27.8 Å². The van der Waals surface area contributed by atoms with E-state index in [2.05, 4.69) is 20.9 Å². The van der Waals surface area contributed by atoms with Crippen LogP contribution in [0.4, 0.5) is 8.78 Å². The molecule has 1 heterocycles. The van der Waals surface area contributed by atoms with Gasteiger partial charge in [-0.3, -0.25) is 4.79 Å². The number of nitrogens with zero attached hydrogens (tertiary/aromatic N) is 1. The molecule has 0 saturated heterocycles. The zero-order valence-electron chi connectivity index (χ0n) is 7.01. The van der Waals surface area contributed by atoms with E-state index in [9.17, 15) is 13.6 Å². The van der Waals surface area contributed by atoms with Crippen molar-refractivity contribution in [3.8, 4) is 0 Å². The van der Waals surface area contributed by atoms with E-state index >= 15 is 0 Å². The summed E-state index contributed by atoms with van der Waals surface area (Å²) >= 11 is 2.99. The van der Waals surface area contributed by atoms with Crippen LogP contribution in [0.1, 0.15) is 27.9 Å². The molecule has 2 N–H and O–H groups in total. The van der Waals surface area contributed by atoms with Crippen LogP contribution < -0.4 is 5.73 Å². The highest BCUT2D eigenvalue weighted by Gasteiger charge is 2.17. The number of hydrogen-bond acceptors (Lipinski definition) is 3. The van der Waals surface area contributed by atoms with Crippen LogP contribution in [0.5, 0.6) is 0 Å². The summed E-state index contributed by atoms with van der Waals surface area (Å²) < 4.78 is 25.1. The van der Waals surface area contributed by atoms with Crippen molar-refractivity contribution < 1.29 is 13.6 Å². The summed E-state index contributed by atoms with van der Waals surface area (Å²) in [6.45, 7) is -0.116. The van der Waals surface area contributed by atoms with Gasteiger partial charge in [-0.15, -0.1) is 0 Å². The first kappa shape index (κ1) is 11.2. The molecule has 0 unspecified atom stereocenters. The molecule has 0 bridgehead atoms. The number of nitrogens with two attached hydrogens (primary N) is 1. The van der Waals surface area contributed by atoms with E-state index in [1.807, 2.05) is 0 Å². The molecule has 0 radical (unpaired) electrons. The van der Waals surface area contributed by atoms with Gasteiger partial charge in [0.1, 0.15) is 4.60 Å². The molecule has 1 rings (SSSR count). The van der Waals surface area contributed by atoms with Crippen molar-refractivity contribution in [3.63, 3.8) is 0 Å². The minimum Gasteiger partial charge on any atom is -0.326 e. The molecule has 0 fully saturated rings. The molecule has 0 amide bonds. The highest BCUT2D eigenvalue weighted by Crippen LogP contribution is 2.27. The van der Waals surface area contributed by atoms with Crippen molar-refractivity contribution in [1.29, 1.82) is 0 Å². The Morgan fingerprint density at radius 1 is 1.64 bits per heavy atom. The van der Waals surface area contributed by atoms with Crippen LogP contribution in [0.15, 0.2) is 10.8 Å². The molecule has 6 heteroatoms. The van der Waals surface area contributed by atoms with E-state index in [4.69, 9.17) is 5.73 Å². The van der Waals surface area contributed by atoms with Gasteiger partial charge < -0.3 is 5.73 Å².